The van der Waals surface area contributed by atoms with Gasteiger partial charge in [-0.25, -0.2) is 0 Å². The van der Waals surface area contributed by atoms with Crippen LogP contribution >= 0.6 is 11.3 Å². The standard InChI is InChI=1S/C18H23NS/c1-13-10-11-18(20-13)17(19-2)12-15-8-5-7-14-6-3-4-9-16(14)15/h3-4,6,9-11,15,17,19H,5,7-8,12H2,1-2H3. The smallest absolute Gasteiger partial charge is 0.0418 e. The van der Waals surface area contributed by atoms with Crippen LogP contribution in [0.3, 0.4) is 0 Å². The molecular formula is C18H23NS. The average Bonchev–Trinajstić information content (AvgIpc) is 2.91. The molecule has 1 heterocycles. The van der Waals surface area contributed by atoms with Crippen molar-refractivity contribution in [1.29, 1.82) is 0 Å². The van der Waals surface area contributed by atoms with Crippen LogP contribution in [-0.4, -0.2) is 7.05 Å². The number of fused-ring (bicyclic) bond motifs is 1. The Morgan fingerprint density at radius 2 is 2.10 bits per heavy atom. The van der Waals surface area contributed by atoms with Crippen LogP contribution in [0.4, 0.5) is 0 Å². The van der Waals surface area contributed by atoms with Gasteiger partial charge in [0, 0.05) is 15.8 Å². The van der Waals surface area contributed by atoms with Crippen LogP contribution in [0.5, 0.6) is 0 Å². The second kappa shape index (κ2) is 6.11. The molecule has 1 aliphatic carbocycles. The first-order valence-electron chi connectivity index (χ1n) is 7.59. The second-order valence-corrected chi connectivity index (χ2v) is 7.13. The molecule has 0 saturated heterocycles. The van der Waals surface area contributed by atoms with E-state index in [1.54, 1.807) is 11.1 Å². The van der Waals surface area contributed by atoms with Crippen molar-refractivity contribution >= 4 is 11.3 Å². The third-order valence-electron chi connectivity index (χ3n) is 4.47. The van der Waals surface area contributed by atoms with Gasteiger partial charge in [0.1, 0.15) is 0 Å². The number of nitrogens with one attached hydrogen (secondary N) is 1. The van der Waals surface area contributed by atoms with Crippen LogP contribution in [0.2, 0.25) is 0 Å². The second-order valence-electron chi connectivity index (χ2n) is 5.81. The molecule has 0 radical (unpaired) electrons. The highest BCUT2D eigenvalue weighted by Gasteiger charge is 2.23. The molecule has 0 spiro atoms. The first-order valence-corrected chi connectivity index (χ1v) is 8.41. The molecular weight excluding hydrogens is 262 g/mol. The first kappa shape index (κ1) is 13.8. The predicted octanol–water partition coefficient (Wildman–Crippen LogP) is 4.83. The SMILES string of the molecule is CNC(CC1CCCc2ccccc21)c1ccc(C)s1. The van der Waals surface area contributed by atoms with Crippen molar-refractivity contribution in [3.05, 3.63) is 57.3 Å². The van der Waals surface area contributed by atoms with Crippen LogP contribution < -0.4 is 5.32 Å². The Morgan fingerprint density at radius 3 is 2.85 bits per heavy atom. The van der Waals surface area contributed by atoms with Crippen LogP contribution in [0.15, 0.2) is 36.4 Å². The Morgan fingerprint density at radius 1 is 1.25 bits per heavy atom. The summed E-state index contributed by atoms with van der Waals surface area (Å²) in [6, 6.07) is 14.0. The maximum atomic E-state index is 3.52. The summed E-state index contributed by atoms with van der Waals surface area (Å²) in [6.07, 6.45) is 5.14. The Bertz CT molecular complexity index is 572. The van der Waals surface area contributed by atoms with Crippen molar-refractivity contribution in [3.63, 3.8) is 0 Å². The van der Waals surface area contributed by atoms with Crippen molar-refractivity contribution in [2.24, 2.45) is 0 Å². The summed E-state index contributed by atoms with van der Waals surface area (Å²) in [5.41, 5.74) is 3.16. The summed E-state index contributed by atoms with van der Waals surface area (Å²) in [5.74, 6) is 0.708. The summed E-state index contributed by atoms with van der Waals surface area (Å²) >= 11 is 1.93. The quantitative estimate of drug-likeness (QED) is 0.848. The van der Waals surface area contributed by atoms with E-state index in [4.69, 9.17) is 0 Å². The zero-order valence-corrected chi connectivity index (χ0v) is 13.2. The number of aryl methyl sites for hydroxylation is 2. The van der Waals surface area contributed by atoms with Gasteiger partial charge in [0.15, 0.2) is 0 Å². The molecule has 2 unspecified atom stereocenters. The summed E-state index contributed by atoms with van der Waals surface area (Å²) in [6.45, 7) is 2.19. The van der Waals surface area contributed by atoms with E-state index in [0.717, 1.165) is 0 Å². The third-order valence-corrected chi connectivity index (χ3v) is 5.58. The molecule has 1 N–H and O–H groups in total. The van der Waals surface area contributed by atoms with Crippen molar-refractivity contribution in [1.82, 2.24) is 5.32 Å². The van der Waals surface area contributed by atoms with Gasteiger partial charge < -0.3 is 5.32 Å². The maximum Gasteiger partial charge on any atom is 0.0418 e. The minimum atomic E-state index is 0.491. The van der Waals surface area contributed by atoms with Crippen molar-refractivity contribution in [2.45, 2.75) is 44.6 Å². The molecule has 3 rings (SSSR count). The topological polar surface area (TPSA) is 12.0 Å². The molecule has 0 fully saturated rings. The summed E-state index contributed by atoms with van der Waals surface area (Å²) in [4.78, 5) is 2.89. The number of thiophene rings is 1. The first-order chi connectivity index (χ1) is 9.78. The Balaban J connectivity index is 1.80. The van der Waals surface area contributed by atoms with Gasteiger partial charge in [-0.2, -0.15) is 0 Å². The van der Waals surface area contributed by atoms with E-state index < -0.39 is 0 Å². The largest absolute Gasteiger partial charge is 0.312 e. The number of rotatable bonds is 4. The molecule has 2 atom stereocenters. The molecule has 0 bridgehead atoms. The zero-order valence-electron chi connectivity index (χ0n) is 12.4. The number of benzene rings is 1. The van der Waals surface area contributed by atoms with E-state index in [9.17, 15) is 0 Å². The minimum absolute atomic E-state index is 0.491. The van der Waals surface area contributed by atoms with Gasteiger partial charge in [0.05, 0.1) is 0 Å². The molecule has 0 aliphatic heterocycles. The fourth-order valence-corrected chi connectivity index (χ4v) is 4.40. The zero-order chi connectivity index (χ0) is 13.9. The Labute approximate surface area is 126 Å². The lowest BCUT2D eigenvalue weighted by molar-refractivity contribution is 0.444. The highest BCUT2D eigenvalue weighted by Crippen LogP contribution is 2.38. The molecule has 20 heavy (non-hydrogen) atoms. The van der Waals surface area contributed by atoms with Gasteiger partial charge in [0.2, 0.25) is 0 Å². The van der Waals surface area contributed by atoms with Crippen LogP contribution in [-0.2, 0) is 6.42 Å². The van der Waals surface area contributed by atoms with Crippen molar-refractivity contribution in [3.8, 4) is 0 Å². The number of hydrogen-bond donors (Lipinski definition) is 1. The summed E-state index contributed by atoms with van der Waals surface area (Å²) < 4.78 is 0. The molecule has 2 aromatic rings. The molecule has 0 amide bonds. The van der Waals surface area contributed by atoms with Gasteiger partial charge in [-0.3, -0.25) is 0 Å². The Hall–Kier alpha value is -1.12. The van der Waals surface area contributed by atoms with Crippen LogP contribution in [0, 0.1) is 6.92 Å². The van der Waals surface area contributed by atoms with Gasteiger partial charge in [0.25, 0.3) is 0 Å². The van der Waals surface area contributed by atoms with E-state index in [1.165, 1.54) is 35.4 Å². The van der Waals surface area contributed by atoms with Gasteiger partial charge in [-0.05, 0) is 68.8 Å². The van der Waals surface area contributed by atoms with Gasteiger partial charge in [-0.1, -0.05) is 24.3 Å². The lowest BCUT2D eigenvalue weighted by atomic mass is 9.79. The van der Waals surface area contributed by atoms with Gasteiger partial charge >= 0.3 is 0 Å². The average molecular weight is 285 g/mol. The molecule has 106 valence electrons. The van der Waals surface area contributed by atoms with E-state index in [2.05, 4.69) is 55.7 Å². The molecule has 1 aromatic heterocycles. The third kappa shape index (κ3) is 2.82. The van der Waals surface area contributed by atoms with Crippen molar-refractivity contribution in [2.75, 3.05) is 7.05 Å². The van der Waals surface area contributed by atoms with Gasteiger partial charge in [-0.15, -0.1) is 11.3 Å². The van der Waals surface area contributed by atoms with Crippen molar-refractivity contribution < 1.29 is 0 Å². The highest BCUT2D eigenvalue weighted by molar-refractivity contribution is 7.12. The summed E-state index contributed by atoms with van der Waals surface area (Å²) in [7, 11) is 2.09. The fraction of sp³-hybridized carbons (Fsp3) is 0.444. The summed E-state index contributed by atoms with van der Waals surface area (Å²) in [5, 5.41) is 3.52. The molecule has 2 heteroatoms. The molecule has 1 nitrogen and oxygen atoms in total. The lowest BCUT2D eigenvalue weighted by Gasteiger charge is -2.28. The lowest BCUT2D eigenvalue weighted by Crippen LogP contribution is -2.20. The van der Waals surface area contributed by atoms with Crippen LogP contribution in [0.1, 0.15) is 52.1 Å². The fourth-order valence-electron chi connectivity index (χ4n) is 3.40. The Kier molecular flexibility index (Phi) is 4.23. The van der Waals surface area contributed by atoms with E-state index >= 15 is 0 Å². The molecule has 0 saturated carbocycles. The monoisotopic (exact) mass is 285 g/mol. The minimum Gasteiger partial charge on any atom is -0.312 e. The predicted molar refractivity (Wildman–Crippen MR) is 87.6 cm³/mol. The van der Waals surface area contributed by atoms with E-state index in [1.807, 2.05) is 11.3 Å². The molecule has 1 aromatic carbocycles. The maximum absolute atomic E-state index is 3.52. The normalized spacial score (nSPS) is 19.6. The van der Waals surface area contributed by atoms with E-state index in [-0.39, 0.29) is 0 Å². The van der Waals surface area contributed by atoms with E-state index in [0.29, 0.717) is 12.0 Å². The van der Waals surface area contributed by atoms with Crippen LogP contribution in [0.25, 0.3) is 0 Å². The highest BCUT2D eigenvalue weighted by atomic mass is 32.1. The number of hydrogen-bond acceptors (Lipinski definition) is 2. The molecule has 1 aliphatic rings.